The van der Waals surface area contributed by atoms with E-state index in [2.05, 4.69) is 33.1 Å². The number of nitrogens with zero attached hydrogens (tertiary/aromatic N) is 1. The fourth-order valence-electron chi connectivity index (χ4n) is 2.17. The van der Waals surface area contributed by atoms with Crippen molar-refractivity contribution in [3.8, 4) is 0 Å². The van der Waals surface area contributed by atoms with E-state index in [1.165, 1.54) is 19.3 Å². The van der Waals surface area contributed by atoms with Gasteiger partial charge in [-0.25, -0.2) is 0 Å². The summed E-state index contributed by atoms with van der Waals surface area (Å²) >= 11 is 14.9. The van der Waals surface area contributed by atoms with Gasteiger partial charge in [-0.2, -0.15) is 0 Å². The normalized spacial score (nSPS) is 19.7. The van der Waals surface area contributed by atoms with Crippen molar-refractivity contribution in [3.63, 3.8) is 0 Å². The van der Waals surface area contributed by atoms with Crippen molar-refractivity contribution >= 4 is 50.5 Å². The molecule has 0 aliphatic carbocycles. The first kappa shape index (κ1) is 14.1. The van der Waals surface area contributed by atoms with Gasteiger partial charge in [0.15, 0.2) is 5.11 Å². The molecule has 0 aromatic heterocycles. The van der Waals surface area contributed by atoms with Crippen LogP contribution in [0.5, 0.6) is 0 Å². The van der Waals surface area contributed by atoms with Gasteiger partial charge in [0.2, 0.25) is 0 Å². The van der Waals surface area contributed by atoms with Crippen molar-refractivity contribution in [3.05, 3.63) is 27.7 Å². The number of thiocarbonyl (C=S) groups is 1. The number of likely N-dealkylation sites (tertiary alicyclic amines) is 1. The first-order valence-corrected chi connectivity index (χ1v) is 7.68. The molecule has 1 saturated heterocycles. The highest BCUT2D eigenvalue weighted by molar-refractivity contribution is 9.10. The quantitative estimate of drug-likeness (QED) is 0.743. The molecule has 1 aliphatic rings. The summed E-state index contributed by atoms with van der Waals surface area (Å²) in [5.74, 6) is 0. The lowest BCUT2D eigenvalue weighted by atomic mass is 10.0. The molecule has 1 unspecified atom stereocenters. The van der Waals surface area contributed by atoms with Crippen LogP contribution in [0, 0.1) is 0 Å². The smallest absolute Gasteiger partial charge is 0.173 e. The SMILES string of the molecule is CC1CCCCN1C(=S)Nc1ccc(Br)c(Cl)c1. The van der Waals surface area contributed by atoms with E-state index in [-0.39, 0.29) is 0 Å². The molecule has 0 saturated carbocycles. The van der Waals surface area contributed by atoms with Crippen molar-refractivity contribution in [1.82, 2.24) is 4.90 Å². The second kappa shape index (κ2) is 6.22. The Bertz CT molecular complexity index is 453. The topological polar surface area (TPSA) is 15.3 Å². The maximum absolute atomic E-state index is 6.07. The summed E-state index contributed by atoms with van der Waals surface area (Å²) in [6, 6.07) is 6.29. The second-order valence-electron chi connectivity index (χ2n) is 4.60. The van der Waals surface area contributed by atoms with E-state index in [1.807, 2.05) is 18.2 Å². The highest BCUT2D eigenvalue weighted by atomic mass is 79.9. The van der Waals surface area contributed by atoms with Crippen LogP contribution < -0.4 is 5.32 Å². The largest absolute Gasteiger partial charge is 0.346 e. The number of halogens is 2. The molecule has 98 valence electrons. The fourth-order valence-corrected chi connectivity index (χ4v) is 2.99. The second-order valence-corrected chi connectivity index (χ2v) is 6.25. The lowest BCUT2D eigenvalue weighted by Gasteiger charge is -2.35. The Hall–Kier alpha value is -0.320. The Balaban J connectivity index is 2.04. The van der Waals surface area contributed by atoms with E-state index in [9.17, 15) is 0 Å². The first-order valence-electron chi connectivity index (χ1n) is 6.10. The van der Waals surface area contributed by atoms with Gasteiger partial charge in [-0.05, 0) is 72.5 Å². The minimum Gasteiger partial charge on any atom is -0.346 e. The molecular formula is C13H16BrClN2S. The van der Waals surface area contributed by atoms with E-state index < -0.39 is 0 Å². The van der Waals surface area contributed by atoms with Gasteiger partial charge in [-0.1, -0.05) is 11.6 Å². The Labute approximate surface area is 127 Å². The maximum atomic E-state index is 6.07. The monoisotopic (exact) mass is 346 g/mol. The number of anilines is 1. The molecule has 1 heterocycles. The number of hydrogen-bond donors (Lipinski definition) is 1. The molecular weight excluding hydrogens is 332 g/mol. The molecule has 0 radical (unpaired) electrons. The summed E-state index contributed by atoms with van der Waals surface area (Å²) in [7, 11) is 0. The number of rotatable bonds is 1. The predicted molar refractivity (Wildman–Crippen MR) is 85.4 cm³/mol. The molecule has 2 nitrogen and oxygen atoms in total. The van der Waals surface area contributed by atoms with Crippen molar-refractivity contribution in [2.24, 2.45) is 0 Å². The third kappa shape index (κ3) is 3.37. The Morgan fingerprint density at radius 3 is 2.94 bits per heavy atom. The maximum Gasteiger partial charge on any atom is 0.173 e. The summed E-state index contributed by atoms with van der Waals surface area (Å²) in [6.07, 6.45) is 3.72. The molecule has 2 rings (SSSR count). The molecule has 0 amide bonds. The van der Waals surface area contributed by atoms with Crippen LogP contribution in [0.15, 0.2) is 22.7 Å². The van der Waals surface area contributed by atoms with E-state index in [4.69, 9.17) is 23.8 Å². The molecule has 0 spiro atoms. The van der Waals surface area contributed by atoms with Crippen LogP contribution in [0.1, 0.15) is 26.2 Å². The number of benzene rings is 1. The minimum atomic E-state index is 0.518. The van der Waals surface area contributed by atoms with Gasteiger partial charge in [0.1, 0.15) is 0 Å². The molecule has 1 aliphatic heterocycles. The summed E-state index contributed by atoms with van der Waals surface area (Å²) in [5, 5.41) is 4.74. The van der Waals surface area contributed by atoms with Crippen LogP contribution in [0.25, 0.3) is 0 Å². The van der Waals surface area contributed by atoms with E-state index in [0.29, 0.717) is 11.1 Å². The van der Waals surface area contributed by atoms with Gasteiger partial charge in [-0.15, -0.1) is 0 Å². The Kier molecular flexibility index (Phi) is 4.87. The third-order valence-corrected chi connectivity index (χ3v) is 4.80. The van der Waals surface area contributed by atoms with Gasteiger partial charge in [0.25, 0.3) is 0 Å². The lowest BCUT2D eigenvalue weighted by molar-refractivity contribution is 0.262. The zero-order valence-corrected chi connectivity index (χ0v) is 13.4. The van der Waals surface area contributed by atoms with Crippen molar-refractivity contribution in [2.45, 2.75) is 32.2 Å². The number of piperidine rings is 1. The van der Waals surface area contributed by atoms with Crippen molar-refractivity contribution < 1.29 is 0 Å². The Morgan fingerprint density at radius 1 is 1.50 bits per heavy atom. The molecule has 1 atom stereocenters. The predicted octanol–water partition coefficient (Wildman–Crippen LogP) is 4.67. The van der Waals surface area contributed by atoms with Crippen LogP contribution >= 0.6 is 39.7 Å². The third-order valence-electron chi connectivity index (χ3n) is 3.23. The first-order chi connectivity index (χ1) is 8.58. The van der Waals surface area contributed by atoms with Gasteiger partial charge in [0.05, 0.1) is 5.02 Å². The molecule has 1 N–H and O–H groups in total. The van der Waals surface area contributed by atoms with Crippen molar-refractivity contribution in [1.29, 1.82) is 0 Å². The summed E-state index contributed by atoms with van der Waals surface area (Å²) in [6.45, 7) is 3.26. The van der Waals surface area contributed by atoms with E-state index >= 15 is 0 Å². The van der Waals surface area contributed by atoms with Crippen LogP contribution in [0.3, 0.4) is 0 Å². The highest BCUT2D eigenvalue weighted by Crippen LogP contribution is 2.26. The van der Waals surface area contributed by atoms with Crippen LogP contribution in [0.2, 0.25) is 5.02 Å². The highest BCUT2D eigenvalue weighted by Gasteiger charge is 2.20. The summed E-state index contributed by atoms with van der Waals surface area (Å²) in [5.41, 5.74) is 0.936. The molecule has 18 heavy (non-hydrogen) atoms. The number of hydrogen-bond acceptors (Lipinski definition) is 1. The van der Waals surface area contributed by atoms with Crippen LogP contribution in [-0.2, 0) is 0 Å². The average molecular weight is 348 g/mol. The molecule has 1 aromatic carbocycles. The molecule has 1 aromatic rings. The number of nitrogens with one attached hydrogen (secondary N) is 1. The lowest BCUT2D eigenvalue weighted by Crippen LogP contribution is -2.44. The van der Waals surface area contributed by atoms with E-state index in [0.717, 1.165) is 21.8 Å². The summed E-state index contributed by atoms with van der Waals surface area (Å²) in [4.78, 5) is 2.26. The average Bonchev–Trinajstić information content (AvgIpc) is 2.34. The molecule has 5 heteroatoms. The fraction of sp³-hybridized carbons (Fsp3) is 0.462. The van der Waals surface area contributed by atoms with Gasteiger partial charge >= 0.3 is 0 Å². The van der Waals surface area contributed by atoms with Gasteiger partial charge in [0, 0.05) is 22.7 Å². The Morgan fingerprint density at radius 2 is 2.28 bits per heavy atom. The van der Waals surface area contributed by atoms with Gasteiger partial charge < -0.3 is 10.2 Å². The zero-order valence-electron chi connectivity index (χ0n) is 10.2. The summed E-state index contributed by atoms with van der Waals surface area (Å²) < 4.78 is 0.895. The minimum absolute atomic E-state index is 0.518. The standard InChI is InChI=1S/C13H16BrClN2S/c1-9-4-2-3-7-17(9)13(18)16-10-5-6-11(14)12(15)8-10/h5-6,8-9H,2-4,7H2,1H3,(H,16,18). The van der Waals surface area contributed by atoms with Crippen LogP contribution in [-0.4, -0.2) is 22.6 Å². The van der Waals surface area contributed by atoms with Crippen molar-refractivity contribution in [2.75, 3.05) is 11.9 Å². The van der Waals surface area contributed by atoms with Crippen LogP contribution in [0.4, 0.5) is 5.69 Å². The van der Waals surface area contributed by atoms with Gasteiger partial charge in [-0.3, -0.25) is 0 Å². The molecule has 1 fully saturated rings. The van der Waals surface area contributed by atoms with E-state index in [1.54, 1.807) is 0 Å². The molecule has 0 bridgehead atoms. The zero-order chi connectivity index (χ0) is 13.1.